The van der Waals surface area contributed by atoms with Crippen molar-refractivity contribution >= 4 is 34.2 Å². The first kappa shape index (κ1) is 16.4. The molecule has 3 N–H and O–H groups in total. The first-order valence-corrected chi connectivity index (χ1v) is 5.69. The zero-order valence-corrected chi connectivity index (χ0v) is 11.9. The minimum atomic E-state index is -0.611. The van der Waals surface area contributed by atoms with E-state index in [9.17, 15) is 4.79 Å². The van der Waals surface area contributed by atoms with Crippen LogP contribution < -0.4 is 11.1 Å². The van der Waals surface area contributed by atoms with Crippen molar-refractivity contribution in [1.82, 2.24) is 5.32 Å². The van der Waals surface area contributed by atoms with Crippen molar-refractivity contribution in [2.45, 2.75) is 12.6 Å². The predicted octanol–water partition coefficient (Wildman–Crippen LogP) is 1.46. The monoisotopic (exact) mass is 322 g/mol. The Balaban J connectivity index is 0.00000256. The molecule has 0 spiro atoms. The van der Waals surface area contributed by atoms with Gasteiger partial charge in [0.05, 0.1) is 6.61 Å². The molecule has 1 aromatic carbocycles. The molecule has 0 fully saturated rings. The molecule has 6 heteroatoms. The number of amides is 1. The number of carbonyl (C=O) groups excluding carboxylic acids is 1. The number of hydrogen-bond acceptors (Lipinski definition) is 3. The van der Waals surface area contributed by atoms with E-state index in [1.807, 2.05) is 24.3 Å². The number of ether oxygens (including phenoxy) is 1. The Kier molecular flexibility index (Phi) is 8.16. The molecule has 0 aliphatic heterocycles. The fraction of sp³-hybridized carbons (Fsp3) is 0.364. The van der Waals surface area contributed by atoms with Gasteiger partial charge in [-0.1, -0.05) is 28.1 Å². The summed E-state index contributed by atoms with van der Waals surface area (Å²) in [6.07, 6.45) is 0. The van der Waals surface area contributed by atoms with E-state index < -0.39 is 6.04 Å². The van der Waals surface area contributed by atoms with E-state index in [0.717, 1.165) is 10.0 Å². The molecule has 0 aliphatic carbocycles. The third kappa shape index (κ3) is 6.02. The zero-order valence-electron chi connectivity index (χ0n) is 9.48. The van der Waals surface area contributed by atoms with Crippen LogP contribution >= 0.6 is 28.3 Å². The van der Waals surface area contributed by atoms with Gasteiger partial charge in [0.2, 0.25) is 5.91 Å². The molecule has 96 valence electrons. The first-order chi connectivity index (χ1) is 7.63. The lowest BCUT2D eigenvalue weighted by atomic mass is 10.2. The third-order valence-electron chi connectivity index (χ3n) is 2.06. The molecule has 0 saturated carbocycles. The van der Waals surface area contributed by atoms with E-state index in [2.05, 4.69) is 21.2 Å². The summed E-state index contributed by atoms with van der Waals surface area (Å²) >= 11 is 3.35. The van der Waals surface area contributed by atoms with Crippen molar-refractivity contribution in [1.29, 1.82) is 0 Å². The van der Waals surface area contributed by atoms with Crippen LogP contribution in [-0.4, -0.2) is 25.7 Å². The molecule has 0 radical (unpaired) electrons. The van der Waals surface area contributed by atoms with E-state index in [0.29, 0.717) is 6.54 Å². The lowest BCUT2D eigenvalue weighted by Crippen LogP contribution is -2.43. The van der Waals surface area contributed by atoms with E-state index in [1.54, 1.807) is 0 Å². The fourth-order valence-electron chi connectivity index (χ4n) is 1.18. The Morgan fingerprint density at radius 2 is 2.06 bits per heavy atom. The molecule has 0 heterocycles. The molecule has 4 nitrogen and oxygen atoms in total. The largest absolute Gasteiger partial charge is 0.383 e. The number of benzene rings is 1. The molecule has 0 aromatic heterocycles. The Morgan fingerprint density at radius 1 is 1.47 bits per heavy atom. The maximum Gasteiger partial charge on any atom is 0.239 e. The highest BCUT2D eigenvalue weighted by Crippen LogP contribution is 2.10. The lowest BCUT2D eigenvalue weighted by molar-refractivity contribution is -0.123. The summed E-state index contributed by atoms with van der Waals surface area (Å²) in [5, 5.41) is 2.74. The van der Waals surface area contributed by atoms with E-state index in [1.165, 1.54) is 7.11 Å². The summed E-state index contributed by atoms with van der Waals surface area (Å²) in [6.45, 7) is 0.704. The van der Waals surface area contributed by atoms with Crippen LogP contribution in [0.5, 0.6) is 0 Å². The Labute approximate surface area is 115 Å². The van der Waals surface area contributed by atoms with Crippen LogP contribution in [0.2, 0.25) is 0 Å². The van der Waals surface area contributed by atoms with Gasteiger partial charge < -0.3 is 15.8 Å². The van der Waals surface area contributed by atoms with E-state index in [4.69, 9.17) is 10.5 Å². The zero-order chi connectivity index (χ0) is 12.0. The molecule has 1 rings (SSSR count). The average molecular weight is 324 g/mol. The summed E-state index contributed by atoms with van der Waals surface area (Å²) < 4.78 is 5.81. The molecule has 1 atom stereocenters. The number of carbonyl (C=O) groups is 1. The molecule has 0 aliphatic rings. The minimum absolute atomic E-state index is 0. The van der Waals surface area contributed by atoms with Crippen LogP contribution in [0.15, 0.2) is 28.7 Å². The van der Waals surface area contributed by atoms with Crippen LogP contribution in [0.4, 0.5) is 0 Å². The average Bonchev–Trinajstić information content (AvgIpc) is 2.28. The third-order valence-corrected chi connectivity index (χ3v) is 2.59. The van der Waals surface area contributed by atoms with E-state index >= 15 is 0 Å². The van der Waals surface area contributed by atoms with Gasteiger partial charge in [-0.25, -0.2) is 0 Å². The summed E-state index contributed by atoms with van der Waals surface area (Å²) in [5.74, 6) is -0.204. The summed E-state index contributed by atoms with van der Waals surface area (Å²) in [5.41, 5.74) is 6.60. The second kappa shape index (κ2) is 8.47. The Morgan fingerprint density at radius 3 is 2.59 bits per heavy atom. The summed E-state index contributed by atoms with van der Waals surface area (Å²) in [4.78, 5) is 11.4. The normalized spacial score (nSPS) is 11.5. The smallest absolute Gasteiger partial charge is 0.239 e. The van der Waals surface area contributed by atoms with Crippen LogP contribution in [0.25, 0.3) is 0 Å². The van der Waals surface area contributed by atoms with Crippen molar-refractivity contribution in [3.63, 3.8) is 0 Å². The number of nitrogens with two attached hydrogens (primary N) is 1. The molecular formula is C11H16BrClN2O2. The number of rotatable bonds is 5. The van der Waals surface area contributed by atoms with Crippen molar-refractivity contribution in [3.8, 4) is 0 Å². The van der Waals surface area contributed by atoms with Gasteiger partial charge in [0.1, 0.15) is 6.04 Å². The number of nitrogens with one attached hydrogen (secondary N) is 1. The van der Waals surface area contributed by atoms with Gasteiger partial charge in [-0.15, -0.1) is 12.4 Å². The van der Waals surface area contributed by atoms with Gasteiger partial charge in [0, 0.05) is 18.1 Å². The van der Waals surface area contributed by atoms with Crippen LogP contribution in [0, 0.1) is 0 Å². The summed E-state index contributed by atoms with van der Waals surface area (Å²) in [7, 11) is 1.52. The van der Waals surface area contributed by atoms with Crippen LogP contribution in [0.1, 0.15) is 5.56 Å². The highest BCUT2D eigenvalue weighted by atomic mass is 79.9. The maximum absolute atomic E-state index is 11.4. The van der Waals surface area contributed by atoms with Crippen molar-refractivity contribution in [3.05, 3.63) is 34.3 Å². The van der Waals surface area contributed by atoms with Crippen LogP contribution in [0.3, 0.4) is 0 Å². The number of halogens is 2. The Hall–Kier alpha value is -0.620. The van der Waals surface area contributed by atoms with E-state index in [-0.39, 0.29) is 24.9 Å². The molecule has 17 heavy (non-hydrogen) atoms. The molecular weight excluding hydrogens is 307 g/mol. The molecule has 1 aromatic rings. The quantitative estimate of drug-likeness (QED) is 0.862. The minimum Gasteiger partial charge on any atom is -0.383 e. The van der Waals surface area contributed by atoms with Crippen molar-refractivity contribution in [2.24, 2.45) is 5.73 Å². The number of methoxy groups -OCH3 is 1. The highest BCUT2D eigenvalue weighted by molar-refractivity contribution is 9.10. The molecule has 1 amide bonds. The van der Waals surface area contributed by atoms with Gasteiger partial charge in [0.25, 0.3) is 0 Å². The van der Waals surface area contributed by atoms with Gasteiger partial charge in [-0.05, 0) is 17.7 Å². The lowest BCUT2D eigenvalue weighted by Gasteiger charge is -2.11. The standard InChI is InChI=1S/C11H15BrN2O2.ClH/c1-16-7-10(13)11(15)14-6-8-2-4-9(12)5-3-8;/h2-5,10H,6-7,13H2,1H3,(H,14,15);1H/t10-;/m1./s1. The molecule has 0 bridgehead atoms. The summed E-state index contributed by atoms with van der Waals surface area (Å²) in [6, 6.07) is 7.12. The predicted molar refractivity (Wildman–Crippen MR) is 73.1 cm³/mol. The Bertz CT molecular complexity index is 346. The van der Waals surface area contributed by atoms with Crippen molar-refractivity contribution < 1.29 is 9.53 Å². The first-order valence-electron chi connectivity index (χ1n) is 4.90. The van der Waals surface area contributed by atoms with Gasteiger partial charge in [0.15, 0.2) is 0 Å². The second-order valence-corrected chi connectivity index (χ2v) is 4.32. The SMILES string of the molecule is COC[C@@H](N)C(=O)NCc1ccc(Br)cc1.Cl. The fourth-order valence-corrected chi connectivity index (χ4v) is 1.44. The van der Waals surface area contributed by atoms with Gasteiger partial charge >= 0.3 is 0 Å². The topological polar surface area (TPSA) is 64.3 Å². The number of hydrogen-bond donors (Lipinski definition) is 2. The van der Waals surface area contributed by atoms with Gasteiger partial charge in [-0.2, -0.15) is 0 Å². The molecule has 0 unspecified atom stereocenters. The van der Waals surface area contributed by atoms with Gasteiger partial charge in [-0.3, -0.25) is 4.79 Å². The van der Waals surface area contributed by atoms with Crippen LogP contribution in [-0.2, 0) is 16.1 Å². The van der Waals surface area contributed by atoms with Crippen molar-refractivity contribution in [2.75, 3.05) is 13.7 Å². The second-order valence-electron chi connectivity index (χ2n) is 3.41. The highest BCUT2D eigenvalue weighted by Gasteiger charge is 2.11. The maximum atomic E-state index is 11.4. The molecule has 0 saturated heterocycles.